The van der Waals surface area contributed by atoms with Gasteiger partial charge in [0.1, 0.15) is 10.7 Å². The Labute approximate surface area is 166 Å². The predicted molar refractivity (Wildman–Crippen MR) is 107 cm³/mol. The number of rotatable bonds is 4. The molecule has 1 heterocycles. The molecule has 9 heteroatoms. The Kier molecular flexibility index (Phi) is 5.57. The molecule has 0 radical (unpaired) electrons. The molecule has 0 aliphatic rings. The lowest BCUT2D eigenvalue weighted by Crippen LogP contribution is -2.41. The molecule has 0 spiro atoms. The third kappa shape index (κ3) is 4.62. The van der Waals surface area contributed by atoms with Gasteiger partial charge in [0.05, 0.1) is 4.90 Å². The van der Waals surface area contributed by atoms with E-state index in [1.54, 1.807) is 5.38 Å². The molecule has 0 aliphatic carbocycles. The van der Waals surface area contributed by atoms with Gasteiger partial charge in [-0.3, -0.25) is 20.4 Å². The van der Waals surface area contributed by atoms with Crippen molar-refractivity contribution in [1.29, 1.82) is 0 Å². The average Bonchev–Trinajstić information content (AvgIpc) is 3.16. The van der Waals surface area contributed by atoms with Crippen molar-refractivity contribution in [2.45, 2.75) is 11.8 Å². The van der Waals surface area contributed by atoms with Gasteiger partial charge in [0.15, 0.2) is 9.84 Å². The van der Waals surface area contributed by atoms with E-state index in [1.165, 1.54) is 35.6 Å². The minimum absolute atomic E-state index is 0.110. The minimum atomic E-state index is -3.34. The van der Waals surface area contributed by atoms with Gasteiger partial charge in [0.25, 0.3) is 11.8 Å². The molecule has 3 rings (SSSR count). The highest BCUT2D eigenvalue weighted by Gasteiger charge is 2.14. The van der Waals surface area contributed by atoms with Crippen LogP contribution < -0.4 is 10.9 Å². The molecule has 2 aromatic carbocycles. The largest absolute Gasteiger partial charge is 0.289 e. The maximum absolute atomic E-state index is 12.2. The van der Waals surface area contributed by atoms with Gasteiger partial charge in [-0.25, -0.2) is 13.4 Å². The molecule has 3 aromatic rings. The van der Waals surface area contributed by atoms with Crippen LogP contribution in [0.3, 0.4) is 0 Å². The Balaban J connectivity index is 1.62. The van der Waals surface area contributed by atoms with Crippen molar-refractivity contribution >= 4 is 33.0 Å². The lowest BCUT2D eigenvalue weighted by atomic mass is 10.2. The van der Waals surface area contributed by atoms with Crippen LogP contribution in [0, 0.1) is 6.92 Å². The summed E-state index contributed by atoms with van der Waals surface area (Å²) in [5, 5.41) is 2.31. The van der Waals surface area contributed by atoms with Crippen molar-refractivity contribution in [3.8, 4) is 10.6 Å². The Morgan fingerprint density at radius 1 is 0.929 bits per heavy atom. The fraction of sp³-hybridized carbons (Fsp3) is 0.105. The van der Waals surface area contributed by atoms with E-state index in [-0.39, 0.29) is 16.2 Å². The van der Waals surface area contributed by atoms with E-state index in [0.717, 1.165) is 17.4 Å². The molecule has 0 saturated carbocycles. The van der Waals surface area contributed by atoms with Gasteiger partial charge in [-0.05, 0) is 31.2 Å². The van der Waals surface area contributed by atoms with E-state index in [4.69, 9.17) is 0 Å². The normalized spacial score (nSPS) is 11.1. The van der Waals surface area contributed by atoms with E-state index in [2.05, 4.69) is 15.8 Å². The molecule has 2 N–H and O–H groups in total. The number of hydrogen-bond acceptors (Lipinski definition) is 6. The standard InChI is InChI=1S/C19H17N3O4S2/c1-12-3-5-14(6-4-12)19-20-16(11-27-19)18(24)22-21-17(23)13-7-9-15(10-8-13)28(2,25)26/h3-11H,1-2H3,(H,21,23)(H,22,24). The highest BCUT2D eigenvalue weighted by atomic mass is 32.2. The molecule has 0 bridgehead atoms. The Morgan fingerprint density at radius 2 is 1.54 bits per heavy atom. The van der Waals surface area contributed by atoms with Crippen LogP contribution in [0.4, 0.5) is 0 Å². The van der Waals surface area contributed by atoms with E-state index >= 15 is 0 Å². The Hall–Kier alpha value is -3.04. The second kappa shape index (κ2) is 7.91. The first-order valence-corrected chi connectivity index (χ1v) is 10.9. The number of nitrogens with one attached hydrogen (secondary N) is 2. The first-order chi connectivity index (χ1) is 13.2. The predicted octanol–water partition coefficient (Wildman–Crippen LogP) is 2.60. The first-order valence-electron chi connectivity index (χ1n) is 8.17. The van der Waals surface area contributed by atoms with Crippen molar-refractivity contribution in [1.82, 2.24) is 15.8 Å². The average molecular weight is 415 g/mol. The molecule has 0 atom stereocenters. The lowest BCUT2D eigenvalue weighted by molar-refractivity contribution is 0.0844. The fourth-order valence-electron chi connectivity index (χ4n) is 2.31. The number of nitrogens with zero attached hydrogens (tertiary/aromatic N) is 1. The summed E-state index contributed by atoms with van der Waals surface area (Å²) >= 11 is 1.33. The van der Waals surface area contributed by atoms with Crippen LogP contribution in [-0.4, -0.2) is 31.5 Å². The number of hydrogen-bond donors (Lipinski definition) is 2. The number of sulfone groups is 1. The maximum atomic E-state index is 12.2. The highest BCUT2D eigenvalue weighted by molar-refractivity contribution is 7.90. The fourth-order valence-corrected chi connectivity index (χ4v) is 3.75. The molecule has 0 unspecified atom stereocenters. The van der Waals surface area contributed by atoms with E-state index in [1.807, 2.05) is 31.2 Å². The van der Waals surface area contributed by atoms with Crippen LogP contribution in [0.2, 0.25) is 0 Å². The molecule has 1 aromatic heterocycles. The molecule has 7 nitrogen and oxygen atoms in total. The summed E-state index contributed by atoms with van der Waals surface area (Å²) in [6.07, 6.45) is 1.08. The summed E-state index contributed by atoms with van der Waals surface area (Å²) in [6.45, 7) is 1.99. The molecular weight excluding hydrogens is 398 g/mol. The van der Waals surface area contributed by atoms with Crippen LogP contribution >= 0.6 is 11.3 Å². The molecule has 0 aliphatic heterocycles. The van der Waals surface area contributed by atoms with Crippen LogP contribution in [0.1, 0.15) is 26.4 Å². The van der Waals surface area contributed by atoms with Gasteiger partial charge in [0, 0.05) is 22.8 Å². The van der Waals surface area contributed by atoms with Crippen LogP contribution in [-0.2, 0) is 9.84 Å². The number of carbonyl (C=O) groups is 2. The quantitative estimate of drug-likeness (QED) is 0.637. The second-order valence-corrected chi connectivity index (χ2v) is 8.98. The van der Waals surface area contributed by atoms with Gasteiger partial charge in [0.2, 0.25) is 0 Å². The van der Waals surface area contributed by atoms with Gasteiger partial charge in [-0.2, -0.15) is 0 Å². The second-order valence-electron chi connectivity index (χ2n) is 6.11. The smallest absolute Gasteiger partial charge is 0.267 e. The SMILES string of the molecule is Cc1ccc(-c2nc(C(=O)NNC(=O)c3ccc(S(C)(=O)=O)cc3)cs2)cc1. The van der Waals surface area contributed by atoms with Gasteiger partial charge >= 0.3 is 0 Å². The zero-order valence-electron chi connectivity index (χ0n) is 15.1. The van der Waals surface area contributed by atoms with E-state index in [0.29, 0.717) is 5.01 Å². The van der Waals surface area contributed by atoms with Crippen molar-refractivity contribution in [2.24, 2.45) is 0 Å². The van der Waals surface area contributed by atoms with E-state index in [9.17, 15) is 18.0 Å². The molecule has 0 saturated heterocycles. The number of aryl methyl sites for hydroxylation is 1. The highest BCUT2D eigenvalue weighted by Crippen LogP contribution is 2.23. The third-order valence-electron chi connectivity index (χ3n) is 3.87. The van der Waals surface area contributed by atoms with Crippen LogP contribution in [0.25, 0.3) is 10.6 Å². The number of carbonyl (C=O) groups excluding carboxylic acids is 2. The molecule has 2 amide bonds. The molecule has 144 valence electrons. The van der Waals surface area contributed by atoms with Crippen molar-refractivity contribution < 1.29 is 18.0 Å². The Morgan fingerprint density at radius 3 is 2.14 bits per heavy atom. The summed E-state index contributed by atoms with van der Waals surface area (Å²) in [7, 11) is -3.34. The maximum Gasteiger partial charge on any atom is 0.289 e. The summed E-state index contributed by atoms with van der Waals surface area (Å²) in [6, 6.07) is 13.2. The lowest BCUT2D eigenvalue weighted by Gasteiger charge is -2.06. The number of thiazole rings is 1. The van der Waals surface area contributed by atoms with Crippen molar-refractivity contribution in [3.05, 3.63) is 70.7 Å². The van der Waals surface area contributed by atoms with E-state index < -0.39 is 21.7 Å². The minimum Gasteiger partial charge on any atom is -0.267 e. The number of benzene rings is 2. The molecule has 28 heavy (non-hydrogen) atoms. The summed E-state index contributed by atoms with van der Waals surface area (Å²) in [5.41, 5.74) is 7.03. The summed E-state index contributed by atoms with van der Waals surface area (Å²) in [5.74, 6) is -1.11. The van der Waals surface area contributed by atoms with Crippen molar-refractivity contribution in [3.63, 3.8) is 0 Å². The first kappa shape index (κ1) is 19.7. The number of aromatic nitrogens is 1. The Bertz CT molecular complexity index is 1120. The molecular formula is C19H17N3O4S2. The van der Waals surface area contributed by atoms with Gasteiger partial charge in [-0.1, -0.05) is 29.8 Å². The number of amides is 2. The van der Waals surface area contributed by atoms with Crippen LogP contribution in [0.15, 0.2) is 58.8 Å². The zero-order valence-corrected chi connectivity index (χ0v) is 16.7. The number of hydrazine groups is 1. The van der Waals surface area contributed by atoms with Crippen molar-refractivity contribution in [2.75, 3.05) is 6.26 Å². The summed E-state index contributed by atoms with van der Waals surface area (Å²) < 4.78 is 22.9. The zero-order chi connectivity index (χ0) is 20.3. The van der Waals surface area contributed by atoms with Gasteiger partial charge in [-0.15, -0.1) is 11.3 Å². The molecule has 0 fully saturated rings. The summed E-state index contributed by atoms with van der Waals surface area (Å²) in [4.78, 5) is 28.7. The van der Waals surface area contributed by atoms with Gasteiger partial charge < -0.3 is 0 Å². The monoisotopic (exact) mass is 415 g/mol. The third-order valence-corrected chi connectivity index (χ3v) is 5.89. The topological polar surface area (TPSA) is 105 Å². The van der Waals surface area contributed by atoms with Crippen LogP contribution in [0.5, 0.6) is 0 Å².